The summed E-state index contributed by atoms with van der Waals surface area (Å²) in [4.78, 5) is 0. The van der Waals surface area contributed by atoms with E-state index in [0.29, 0.717) is 0 Å². The Morgan fingerprint density at radius 2 is 1.92 bits per heavy atom. The van der Waals surface area contributed by atoms with Crippen LogP contribution in [0.5, 0.6) is 0 Å². The molecule has 0 fully saturated rings. The number of hydrogen-bond acceptors (Lipinski definition) is 0. The third-order valence-electron chi connectivity index (χ3n) is 1.91. The zero-order valence-corrected chi connectivity index (χ0v) is 7.51. The van der Waals surface area contributed by atoms with Crippen molar-refractivity contribution in [1.29, 1.82) is 0 Å². The molecular formula is C12H14. The van der Waals surface area contributed by atoms with Crippen LogP contribution < -0.4 is 0 Å². The van der Waals surface area contributed by atoms with E-state index >= 15 is 0 Å². The van der Waals surface area contributed by atoms with Gasteiger partial charge in [-0.05, 0) is 24.5 Å². The van der Waals surface area contributed by atoms with Crippen LogP contribution in [0.15, 0.2) is 60.3 Å². The molecule has 0 aromatic carbocycles. The Balaban J connectivity index is 3.16. The molecule has 0 bridgehead atoms. The van der Waals surface area contributed by atoms with Gasteiger partial charge in [-0.25, -0.2) is 0 Å². The molecule has 0 aromatic heterocycles. The summed E-state index contributed by atoms with van der Waals surface area (Å²) in [7, 11) is 0. The molecular weight excluding hydrogens is 144 g/mol. The Morgan fingerprint density at radius 1 is 1.25 bits per heavy atom. The third-order valence-corrected chi connectivity index (χ3v) is 1.91. The Kier molecular flexibility index (Phi) is 2.87. The summed E-state index contributed by atoms with van der Waals surface area (Å²) in [5.74, 6) is 0. The summed E-state index contributed by atoms with van der Waals surface area (Å²) in [5.41, 5.74) is 3.68. The minimum Gasteiger partial charge on any atom is -0.0984 e. The second-order valence-electron chi connectivity index (χ2n) is 2.92. The Hall–Kier alpha value is -1.30. The van der Waals surface area contributed by atoms with E-state index in [0.717, 1.165) is 17.6 Å². The van der Waals surface area contributed by atoms with E-state index in [-0.39, 0.29) is 0 Å². The molecule has 0 heteroatoms. The van der Waals surface area contributed by atoms with Crippen LogP contribution in [0, 0.1) is 0 Å². The van der Waals surface area contributed by atoms with Crippen molar-refractivity contribution in [2.45, 2.75) is 13.3 Å². The molecule has 0 aromatic rings. The van der Waals surface area contributed by atoms with Crippen molar-refractivity contribution < 1.29 is 0 Å². The average Bonchev–Trinajstić information content (AvgIpc) is 2.26. The Labute approximate surface area is 74.3 Å². The molecule has 62 valence electrons. The first kappa shape index (κ1) is 8.79. The van der Waals surface area contributed by atoms with Crippen molar-refractivity contribution in [3.63, 3.8) is 0 Å². The van der Waals surface area contributed by atoms with Crippen LogP contribution in [0.4, 0.5) is 0 Å². The lowest BCUT2D eigenvalue weighted by atomic mass is 10.1. The molecule has 1 aliphatic rings. The first-order chi connectivity index (χ1) is 5.77. The van der Waals surface area contributed by atoms with Gasteiger partial charge in [0.15, 0.2) is 0 Å². The lowest BCUT2D eigenvalue weighted by Crippen LogP contribution is -1.78. The minimum absolute atomic E-state index is 1.02. The number of hydrogen-bond donors (Lipinski definition) is 0. The van der Waals surface area contributed by atoms with Crippen molar-refractivity contribution in [2.24, 2.45) is 0 Å². The van der Waals surface area contributed by atoms with Gasteiger partial charge in [-0.3, -0.25) is 0 Å². The zero-order valence-electron chi connectivity index (χ0n) is 7.51. The maximum atomic E-state index is 3.77. The molecule has 0 N–H and O–H groups in total. The van der Waals surface area contributed by atoms with Gasteiger partial charge in [0.25, 0.3) is 0 Å². The quantitative estimate of drug-likeness (QED) is 0.576. The van der Waals surface area contributed by atoms with Gasteiger partial charge in [0.2, 0.25) is 0 Å². The maximum absolute atomic E-state index is 3.77. The van der Waals surface area contributed by atoms with Gasteiger partial charge in [0.1, 0.15) is 0 Å². The molecule has 0 atom stereocenters. The molecule has 0 saturated carbocycles. The van der Waals surface area contributed by atoms with Crippen molar-refractivity contribution >= 4 is 0 Å². The Morgan fingerprint density at radius 3 is 2.50 bits per heavy atom. The van der Waals surface area contributed by atoms with Crippen LogP contribution in [0.3, 0.4) is 0 Å². The molecule has 0 amide bonds. The van der Waals surface area contributed by atoms with Gasteiger partial charge in [0.05, 0.1) is 0 Å². The SMILES string of the molecule is C=CC1=C(C=C)C=C(C)CC=C1. The van der Waals surface area contributed by atoms with Crippen molar-refractivity contribution in [2.75, 3.05) is 0 Å². The molecule has 0 unspecified atom stereocenters. The summed E-state index contributed by atoms with van der Waals surface area (Å²) >= 11 is 0. The highest BCUT2D eigenvalue weighted by atomic mass is 14.0. The molecule has 0 heterocycles. The van der Waals surface area contributed by atoms with Crippen LogP contribution in [-0.4, -0.2) is 0 Å². The Bertz CT molecular complexity index is 285. The van der Waals surface area contributed by atoms with Gasteiger partial charge < -0.3 is 0 Å². The van der Waals surface area contributed by atoms with Crippen LogP contribution in [0.1, 0.15) is 13.3 Å². The summed E-state index contributed by atoms with van der Waals surface area (Å²) in [6.45, 7) is 9.66. The second kappa shape index (κ2) is 3.91. The van der Waals surface area contributed by atoms with Crippen molar-refractivity contribution in [3.8, 4) is 0 Å². The first-order valence-corrected chi connectivity index (χ1v) is 4.11. The summed E-state index contributed by atoms with van der Waals surface area (Å²) in [5, 5.41) is 0. The molecule has 12 heavy (non-hydrogen) atoms. The fraction of sp³-hybridized carbons (Fsp3) is 0.167. The lowest BCUT2D eigenvalue weighted by molar-refractivity contribution is 1.21. The van der Waals surface area contributed by atoms with Gasteiger partial charge >= 0.3 is 0 Å². The zero-order chi connectivity index (χ0) is 8.97. The van der Waals surface area contributed by atoms with Crippen LogP contribution >= 0.6 is 0 Å². The van der Waals surface area contributed by atoms with E-state index in [2.05, 4.69) is 38.3 Å². The maximum Gasteiger partial charge on any atom is -0.0135 e. The molecule has 0 nitrogen and oxygen atoms in total. The highest BCUT2D eigenvalue weighted by Gasteiger charge is 1.98. The predicted octanol–water partition coefficient (Wildman–Crippen LogP) is 3.56. The molecule has 0 spiro atoms. The van der Waals surface area contributed by atoms with Crippen molar-refractivity contribution in [1.82, 2.24) is 0 Å². The number of rotatable bonds is 2. The third kappa shape index (κ3) is 1.85. The summed E-state index contributed by atoms with van der Waals surface area (Å²) < 4.78 is 0. The molecule has 0 saturated heterocycles. The van der Waals surface area contributed by atoms with Crippen LogP contribution in [0.25, 0.3) is 0 Å². The smallest absolute Gasteiger partial charge is 0.0135 e. The van der Waals surface area contributed by atoms with Gasteiger partial charge in [-0.15, -0.1) is 0 Å². The van der Waals surface area contributed by atoms with Gasteiger partial charge in [0, 0.05) is 0 Å². The second-order valence-corrected chi connectivity index (χ2v) is 2.92. The fourth-order valence-electron chi connectivity index (χ4n) is 1.24. The highest BCUT2D eigenvalue weighted by molar-refractivity contribution is 5.48. The van der Waals surface area contributed by atoms with E-state index in [4.69, 9.17) is 0 Å². The normalized spacial score (nSPS) is 16.9. The topological polar surface area (TPSA) is 0 Å². The average molecular weight is 158 g/mol. The van der Waals surface area contributed by atoms with Crippen LogP contribution in [-0.2, 0) is 0 Å². The molecule has 1 aliphatic carbocycles. The van der Waals surface area contributed by atoms with E-state index in [1.165, 1.54) is 5.57 Å². The van der Waals surface area contributed by atoms with Crippen molar-refractivity contribution in [3.05, 3.63) is 60.3 Å². The van der Waals surface area contributed by atoms with Crippen LogP contribution in [0.2, 0.25) is 0 Å². The standard InChI is InChI=1S/C12H14/c1-4-11-8-6-7-10(3)9-12(11)5-2/h4-6,8-9H,1-2,7H2,3H3. The van der Waals surface area contributed by atoms with E-state index in [1.807, 2.05) is 12.2 Å². The fourth-order valence-corrected chi connectivity index (χ4v) is 1.24. The summed E-state index contributed by atoms with van der Waals surface area (Å²) in [6.07, 6.45) is 11.2. The lowest BCUT2D eigenvalue weighted by Gasteiger charge is -1.97. The highest BCUT2D eigenvalue weighted by Crippen LogP contribution is 2.18. The van der Waals surface area contributed by atoms with Gasteiger partial charge in [-0.2, -0.15) is 0 Å². The van der Waals surface area contributed by atoms with E-state index < -0.39 is 0 Å². The largest absolute Gasteiger partial charge is 0.0984 e. The predicted molar refractivity (Wildman–Crippen MR) is 54.9 cm³/mol. The number of allylic oxidation sites excluding steroid dienone is 8. The molecule has 0 radical (unpaired) electrons. The van der Waals surface area contributed by atoms with E-state index in [9.17, 15) is 0 Å². The monoisotopic (exact) mass is 158 g/mol. The molecule has 1 rings (SSSR count). The first-order valence-electron chi connectivity index (χ1n) is 4.11. The molecule has 0 aliphatic heterocycles. The van der Waals surface area contributed by atoms with E-state index in [1.54, 1.807) is 0 Å². The van der Waals surface area contributed by atoms with Gasteiger partial charge in [-0.1, -0.05) is 49.1 Å². The minimum atomic E-state index is 1.02. The summed E-state index contributed by atoms with van der Waals surface area (Å²) in [6, 6.07) is 0.